The molecule has 1 aliphatic rings. The molecule has 0 aliphatic heterocycles. The van der Waals surface area contributed by atoms with Crippen LogP contribution in [-0.4, -0.2) is 29.0 Å². The van der Waals surface area contributed by atoms with Crippen LogP contribution >= 0.6 is 11.3 Å². The molecule has 0 spiro atoms. The number of anilines is 1. The number of aromatic nitrogens is 1. The summed E-state index contributed by atoms with van der Waals surface area (Å²) < 4.78 is 2.91. The van der Waals surface area contributed by atoms with E-state index in [1.807, 2.05) is 59.3 Å². The highest BCUT2D eigenvalue weighted by atomic mass is 32.1. The lowest BCUT2D eigenvalue weighted by molar-refractivity contribution is -0.119. The summed E-state index contributed by atoms with van der Waals surface area (Å²) in [5.74, 6) is 0.643. The zero-order valence-electron chi connectivity index (χ0n) is 17.6. The minimum absolute atomic E-state index is 0.0204. The lowest BCUT2D eigenvalue weighted by Gasteiger charge is -2.27. The number of hydrogen-bond donors (Lipinski definition) is 1. The Kier molecular flexibility index (Phi) is 6.23. The number of nitrogens with zero attached hydrogens (tertiary/aromatic N) is 2. The van der Waals surface area contributed by atoms with Gasteiger partial charge in [0.2, 0.25) is 5.91 Å². The summed E-state index contributed by atoms with van der Waals surface area (Å²) in [7, 11) is 0. The van der Waals surface area contributed by atoms with Crippen molar-refractivity contribution in [2.24, 2.45) is 5.92 Å². The topological polar surface area (TPSA) is 54.3 Å². The van der Waals surface area contributed by atoms with Crippen LogP contribution in [0.2, 0.25) is 0 Å². The molecule has 2 aromatic heterocycles. The van der Waals surface area contributed by atoms with Gasteiger partial charge in [-0.15, -0.1) is 11.3 Å². The molecule has 1 aliphatic carbocycles. The fourth-order valence-electron chi connectivity index (χ4n) is 4.33. The number of amides is 2. The Hall–Kier alpha value is -2.60. The normalized spacial score (nSPS) is 19.0. The average Bonchev–Trinajstić information content (AvgIpc) is 3.34. The summed E-state index contributed by atoms with van der Waals surface area (Å²) in [6.07, 6.45) is 4.36. The lowest BCUT2D eigenvalue weighted by atomic mass is 9.87. The van der Waals surface area contributed by atoms with Gasteiger partial charge in [-0.3, -0.25) is 9.59 Å². The summed E-state index contributed by atoms with van der Waals surface area (Å²) in [6.45, 7) is 4.97. The molecule has 6 heteroatoms. The number of para-hydroxylation sites is 1. The minimum atomic E-state index is -0.0755. The Balaban J connectivity index is 1.56. The molecule has 0 unspecified atom stereocenters. The number of nitrogens with one attached hydrogen (secondary N) is 1. The second-order valence-electron chi connectivity index (χ2n) is 8.19. The zero-order chi connectivity index (χ0) is 21.1. The van der Waals surface area contributed by atoms with Gasteiger partial charge in [0.15, 0.2) is 0 Å². The maximum Gasteiger partial charge on any atom is 0.268 e. The van der Waals surface area contributed by atoms with E-state index in [9.17, 15) is 9.59 Å². The van der Waals surface area contributed by atoms with Crippen LogP contribution in [0.15, 0.2) is 47.8 Å². The largest absolute Gasteiger partial charge is 0.348 e. The molecule has 1 fully saturated rings. The summed E-state index contributed by atoms with van der Waals surface area (Å²) >= 11 is 1.60. The van der Waals surface area contributed by atoms with Gasteiger partial charge in [0, 0.05) is 18.3 Å². The number of hydrogen-bond acceptors (Lipinski definition) is 3. The van der Waals surface area contributed by atoms with E-state index in [0.29, 0.717) is 12.2 Å². The first-order valence-electron chi connectivity index (χ1n) is 10.8. The van der Waals surface area contributed by atoms with Crippen LogP contribution in [0.5, 0.6) is 0 Å². The monoisotopic (exact) mass is 423 g/mol. The number of thiophene rings is 1. The maximum atomic E-state index is 13.2. The van der Waals surface area contributed by atoms with E-state index < -0.39 is 0 Å². The highest BCUT2D eigenvalue weighted by Gasteiger charge is 2.24. The van der Waals surface area contributed by atoms with Gasteiger partial charge >= 0.3 is 0 Å². The van der Waals surface area contributed by atoms with Crippen molar-refractivity contribution in [3.63, 3.8) is 0 Å². The van der Waals surface area contributed by atoms with Crippen LogP contribution in [0.4, 0.5) is 5.69 Å². The van der Waals surface area contributed by atoms with E-state index in [0.717, 1.165) is 47.5 Å². The molecule has 1 saturated carbocycles. The first kappa shape index (κ1) is 20.7. The molecule has 5 nitrogen and oxygen atoms in total. The molecule has 0 radical (unpaired) electrons. The Morgan fingerprint density at radius 1 is 1.13 bits per heavy atom. The molecule has 3 aromatic rings. The van der Waals surface area contributed by atoms with Gasteiger partial charge in [-0.1, -0.05) is 25.1 Å². The van der Waals surface area contributed by atoms with Crippen LogP contribution in [-0.2, 0) is 11.3 Å². The number of fused-ring (bicyclic) bond motifs is 1. The van der Waals surface area contributed by atoms with Gasteiger partial charge in [0.25, 0.3) is 5.91 Å². The van der Waals surface area contributed by atoms with Crippen molar-refractivity contribution in [1.29, 1.82) is 0 Å². The summed E-state index contributed by atoms with van der Waals surface area (Å²) in [5.41, 5.74) is 2.40. The molecule has 2 amide bonds. The lowest BCUT2D eigenvalue weighted by Crippen LogP contribution is -2.39. The average molecular weight is 424 g/mol. The van der Waals surface area contributed by atoms with E-state index in [1.54, 1.807) is 16.2 Å². The fraction of sp³-hybridized carbons (Fsp3) is 0.417. The highest BCUT2D eigenvalue weighted by Crippen LogP contribution is 2.27. The Bertz CT molecular complexity index is 1020. The standard InChI is InChI=1S/C24H29N3O2S/c1-3-26(19-7-5-4-6-8-19)23(28)16-27-20-13-14-30-22(20)15-21(27)24(29)25-18-11-9-17(2)10-12-18/h4-8,13-15,17-18H,3,9-12,16H2,1-2H3,(H,25,29). The van der Waals surface area contributed by atoms with E-state index >= 15 is 0 Å². The summed E-state index contributed by atoms with van der Waals surface area (Å²) in [5, 5.41) is 5.22. The number of rotatable bonds is 6. The van der Waals surface area contributed by atoms with Gasteiger partial charge in [0.1, 0.15) is 12.2 Å². The molecule has 4 rings (SSSR count). The van der Waals surface area contributed by atoms with E-state index in [4.69, 9.17) is 0 Å². The van der Waals surface area contributed by atoms with Crippen LogP contribution in [0.25, 0.3) is 10.2 Å². The molecule has 0 saturated heterocycles. The molecular formula is C24H29N3O2S. The molecule has 1 N–H and O–H groups in total. The number of likely N-dealkylation sites (N-methyl/N-ethyl adjacent to an activating group) is 1. The van der Waals surface area contributed by atoms with Crippen LogP contribution in [0.3, 0.4) is 0 Å². The first-order chi connectivity index (χ1) is 14.6. The van der Waals surface area contributed by atoms with Crippen LogP contribution < -0.4 is 10.2 Å². The van der Waals surface area contributed by atoms with Gasteiger partial charge in [-0.2, -0.15) is 0 Å². The maximum absolute atomic E-state index is 13.2. The number of carbonyl (C=O) groups excluding carboxylic acids is 2. The molecule has 0 atom stereocenters. The zero-order valence-corrected chi connectivity index (χ0v) is 18.5. The van der Waals surface area contributed by atoms with Crippen molar-refractivity contribution < 1.29 is 9.59 Å². The van der Waals surface area contributed by atoms with Gasteiger partial charge in [0.05, 0.1) is 10.2 Å². The molecule has 158 valence electrons. The Morgan fingerprint density at radius 3 is 2.57 bits per heavy atom. The van der Waals surface area contributed by atoms with Crippen molar-refractivity contribution in [2.75, 3.05) is 11.4 Å². The predicted octanol–water partition coefficient (Wildman–Crippen LogP) is 5.06. The molecule has 0 bridgehead atoms. The van der Waals surface area contributed by atoms with Crippen molar-refractivity contribution >= 4 is 39.1 Å². The van der Waals surface area contributed by atoms with Crippen molar-refractivity contribution in [3.8, 4) is 0 Å². The quantitative estimate of drug-likeness (QED) is 0.602. The van der Waals surface area contributed by atoms with Gasteiger partial charge < -0.3 is 14.8 Å². The van der Waals surface area contributed by atoms with Crippen molar-refractivity contribution in [1.82, 2.24) is 9.88 Å². The second kappa shape index (κ2) is 9.04. The van der Waals surface area contributed by atoms with E-state index in [1.165, 1.54) is 0 Å². The summed E-state index contributed by atoms with van der Waals surface area (Å²) in [6, 6.07) is 13.8. The van der Waals surface area contributed by atoms with E-state index in [2.05, 4.69) is 12.2 Å². The second-order valence-corrected chi connectivity index (χ2v) is 9.14. The molecule has 2 heterocycles. The predicted molar refractivity (Wildman–Crippen MR) is 123 cm³/mol. The molecule has 1 aromatic carbocycles. The van der Waals surface area contributed by atoms with E-state index in [-0.39, 0.29) is 24.4 Å². The van der Waals surface area contributed by atoms with Crippen molar-refractivity contribution in [3.05, 3.63) is 53.5 Å². The summed E-state index contributed by atoms with van der Waals surface area (Å²) in [4.78, 5) is 28.1. The van der Waals surface area contributed by atoms with Crippen molar-refractivity contribution in [2.45, 2.75) is 52.1 Å². The third kappa shape index (κ3) is 4.29. The first-order valence-corrected chi connectivity index (χ1v) is 11.7. The van der Waals surface area contributed by atoms with Crippen LogP contribution in [0.1, 0.15) is 50.0 Å². The fourth-order valence-corrected chi connectivity index (χ4v) is 5.15. The molecule has 30 heavy (non-hydrogen) atoms. The number of benzene rings is 1. The molecular weight excluding hydrogens is 394 g/mol. The minimum Gasteiger partial charge on any atom is -0.348 e. The Labute approximate surface area is 181 Å². The third-order valence-corrected chi connectivity index (χ3v) is 6.94. The number of carbonyl (C=O) groups is 2. The third-order valence-electron chi connectivity index (χ3n) is 6.09. The van der Waals surface area contributed by atoms with Crippen LogP contribution in [0, 0.1) is 5.92 Å². The van der Waals surface area contributed by atoms with Gasteiger partial charge in [-0.25, -0.2) is 0 Å². The van der Waals surface area contributed by atoms with Gasteiger partial charge in [-0.05, 0) is 68.2 Å². The highest BCUT2D eigenvalue weighted by molar-refractivity contribution is 7.17. The smallest absolute Gasteiger partial charge is 0.268 e. The SMILES string of the molecule is CCN(C(=O)Cn1c(C(=O)NC2CCC(C)CC2)cc2sccc21)c1ccccc1. The Morgan fingerprint density at radius 2 is 1.87 bits per heavy atom.